The second-order valence-electron chi connectivity index (χ2n) is 4.98. The molecule has 7 heteroatoms. The van der Waals surface area contributed by atoms with E-state index in [-0.39, 0.29) is 0 Å². The van der Waals surface area contributed by atoms with Crippen LogP contribution in [0.3, 0.4) is 0 Å². The quantitative estimate of drug-likeness (QED) is 0.499. The number of halogens is 2. The predicted molar refractivity (Wildman–Crippen MR) is 70.3 cm³/mol. The fourth-order valence-electron chi connectivity index (χ4n) is 1.44. The minimum Gasteiger partial charge on any atom is -0.442 e. The summed E-state index contributed by atoms with van der Waals surface area (Å²) in [7, 11) is 1.34. The van der Waals surface area contributed by atoms with E-state index in [1.54, 1.807) is 20.8 Å². The number of carbonyl (C=O) groups excluding carboxylic acids is 1. The van der Waals surface area contributed by atoms with E-state index < -0.39 is 34.7 Å². The van der Waals surface area contributed by atoms with Gasteiger partial charge in [-0.25, -0.2) is 19.0 Å². The summed E-state index contributed by atoms with van der Waals surface area (Å²) in [5, 5.41) is 8.42. The number of benzene rings is 1. The van der Waals surface area contributed by atoms with E-state index in [9.17, 15) is 13.6 Å². The third kappa shape index (κ3) is 3.74. The Kier molecular flexibility index (Phi) is 4.78. The van der Waals surface area contributed by atoms with Crippen molar-refractivity contribution < 1.29 is 18.3 Å². The highest BCUT2D eigenvalue weighted by molar-refractivity contribution is 6.04. The fraction of sp³-hybridized carbons (Fsp3) is 0.385. The van der Waals surface area contributed by atoms with E-state index in [2.05, 4.69) is 5.43 Å². The van der Waals surface area contributed by atoms with Gasteiger partial charge in [0.05, 0.1) is 5.56 Å². The smallest absolute Gasteiger partial charge is 0.430 e. The molecular formula is C13H17F2N3O2. The van der Waals surface area contributed by atoms with Crippen LogP contribution in [0.4, 0.5) is 13.6 Å². The van der Waals surface area contributed by atoms with Crippen LogP contribution in [0.25, 0.3) is 0 Å². The minimum atomic E-state index is -0.932. The maximum atomic E-state index is 13.6. The Bertz CT molecular complexity index is 507. The van der Waals surface area contributed by atoms with Gasteiger partial charge in [-0.15, -0.1) is 0 Å². The first-order valence-electron chi connectivity index (χ1n) is 5.91. The molecule has 0 spiro atoms. The molecule has 0 radical (unpaired) electrons. The molecule has 1 aromatic carbocycles. The number of nitrogens with one attached hydrogen (secondary N) is 2. The number of hydrogen-bond acceptors (Lipinski definition) is 4. The van der Waals surface area contributed by atoms with Crippen LogP contribution in [0.2, 0.25) is 0 Å². The molecule has 0 aliphatic heterocycles. The molecule has 0 aromatic heterocycles. The van der Waals surface area contributed by atoms with Crippen LogP contribution < -0.4 is 5.43 Å². The standard InChI is InChI=1S/C13H17F2N3O2/c1-13(2,3)20-12(19)18(17-4)11(16)10-8(14)6-5-7-9(10)15/h5-7,16-17H,1-4H3. The van der Waals surface area contributed by atoms with E-state index in [0.29, 0.717) is 5.01 Å². The molecule has 0 heterocycles. The first-order chi connectivity index (χ1) is 9.17. The molecule has 20 heavy (non-hydrogen) atoms. The number of hydrazine groups is 1. The normalized spacial score (nSPS) is 11.1. The maximum absolute atomic E-state index is 13.6. The summed E-state index contributed by atoms with van der Waals surface area (Å²) in [6.07, 6.45) is -0.923. The lowest BCUT2D eigenvalue weighted by Crippen LogP contribution is -2.48. The monoisotopic (exact) mass is 285 g/mol. The van der Waals surface area contributed by atoms with Crippen LogP contribution in [0.1, 0.15) is 26.3 Å². The lowest BCUT2D eigenvalue weighted by Gasteiger charge is -2.26. The molecule has 0 atom stereocenters. The molecule has 0 aliphatic rings. The average molecular weight is 285 g/mol. The first-order valence-corrected chi connectivity index (χ1v) is 5.91. The fourth-order valence-corrected chi connectivity index (χ4v) is 1.44. The van der Waals surface area contributed by atoms with Gasteiger partial charge >= 0.3 is 6.09 Å². The van der Waals surface area contributed by atoms with Crippen LogP contribution in [-0.2, 0) is 4.74 Å². The molecule has 5 nitrogen and oxygen atoms in total. The molecule has 0 saturated heterocycles. The summed E-state index contributed by atoms with van der Waals surface area (Å²) in [6.45, 7) is 4.93. The zero-order chi connectivity index (χ0) is 15.5. The predicted octanol–water partition coefficient (Wildman–Crippen LogP) is 2.66. The van der Waals surface area contributed by atoms with E-state index in [1.807, 2.05) is 0 Å². The molecule has 0 fully saturated rings. The van der Waals surface area contributed by atoms with Gasteiger partial charge in [0.25, 0.3) is 0 Å². The highest BCUT2D eigenvalue weighted by Gasteiger charge is 2.28. The van der Waals surface area contributed by atoms with Crippen molar-refractivity contribution in [3.63, 3.8) is 0 Å². The van der Waals surface area contributed by atoms with Crippen LogP contribution in [0.15, 0.2) is 18.2 Å². The van der Waals surface area contributed by atoms with E-state index in [4.69, 9.17) is 10.1 Å². The van der Waals surface area contributed by atoms with Crippen molar-refractivity contribution in [3.05, 3.63) is 35.4 Å². The second kappa shape index (κ2) is 5.96. The van der Waals surface area contributed by atoms with Crippen LogP contribution >= 0.6 is 0 Å². The zero-order valence-corrected chi connectivity index (χ0v) is 11.8. The summed E-state index contributed by atoms with van der Waals surface area (Å²) in [6, 6.07) is 3.20. The minimum absolute atomic E-state index is 0.604. The molecule has 2 N–H and O–H groups in total. The number of amides is 1. The number of carbonyl (C=O) groups is 1. The molecular weight excluding hydrogens is 268 g/mol. The van der Waals surface area contributed by atoms with Gasteiger partial charge in [-0.05, 0) is 32.9 Å². The third-order valence-corrected chi connectivity index (χ3v) is 2.22. The Morgan fingerprint density at radius 1 is 1.30 bits per heavy atom. The van der Waals surface area contributed by atoms with E-state index in [1.165, 1.54) is 13.1 Å². The summed E-state index contributed by atoms with van der Waals surface area (Å²) in [5.41, 5.74) is 0.983. The van der Waals surface area contributed by atoms with Gasteiger partial charge < -0.3 is 4.74 Å². The molecule has 1 aromatic rings. The van der Waals surface area contributed by atoms with Crippen LogP contribution in [0.5, 0.6) is 0 Å². The van der Waals surface area contributed by atoms with Crippen molar-refractivity contribution in [1.82, 2.24) is 10.4 Å². The number of rotatable bonds is 2. The lowest BCUT2D eigenvalue weighted by atomic mass is 10.1. The van der Waals surface area contributed by atoms with Crippen molar-refractivity contribution in [2.24, 2.45) is 0 Å². The second-order valence-corrected chi connectivity index (χ2v) is 4.98. The molecule has 1 rings (SSSR count). The van der Waals surface area contributed by atoms with Crippen molar-refractivity contribution in [2.45, 2.75) is 26.4 Å². The maximum Gasteiger partial charge on any atom is 0.430 e. The number of amidine groups is 1. The van der Waals surface area contributed by atoms with Crippen LogP contribution in [0, 0.1) is 17.0 Å². The molecule has 0 bridgehead atoms. The highest BCUT2D eigenvalue weighted by atomic mass is 19.1. The number of hydrogen-bond donors (Lipinski definition) is 2. The summed E-state index contributed by atoms with van der Waals surface area (Å²) >= 11 is 0. The Morgan fingerprint density at radius 2 is 1.80 bits per heavy atom. The SMILES string of the molecule is CNN(C(=N)c1c(F)cccc1F)C(=O)OC(C)(C)C. The van der Waals surface area contributed by atoms with Gasteiger partial charge in [0, 0.05) is 7.05 Å². The Labute approximate surface area is 116 Å². The number of nitrogens with zero attached hydrogens (tertiary/aromatic N) is 1. The van der Waals surface area contributed by atoms with Crippen molar-refractivity contribution in [1.29, 1.82) is 5.41 Å². The zero-order valence-electron chi connectivity index (χ0n) is 11.8. The van der Waals surface area contributed by atoms with Gasteiger partial charge in [-0.3, -0.25) is 5.41 Å². The van der Waals surface area contributed by atoms with Crippen molar-refractivity contribution in [3.8, 4) is 0 Å². The van der Waals surface area contributed by atoms with E-state index >= 15 is 0 Å². The lowest BCUT2D eigenvalue weighted by molar-refractivity contribution is 0.0311. The van der Waals surface area contributed by atoms with Crippen LogP contribution in [-0.4, -0.2) is 29.6 Å². The van der Waals surface area contributed by atoms with Gasteiger partial charge in [0.2, 0.25) is 0 Å². The van der Waals surface area contributed by atoms with Crippen molar-refractivity contribution >= 4 is 11.9 Å². The molecule has 1 amide bonds. The average Bonchev–Trinajstić information content (AvgIpc) is 2.26. The van der Waals surface area contributed by atoms with Gasteiger partial charge in [-0.2, -0.15) is 5.01 Å². The van der Waals surface area contributed by atoms with Gasteiger partial charge in [0.15, 0.2) is 5.84 Å². The van der Waals surface area contributed by atoms with Gasteiger partial charge in [-0.1, -0.05) is 6.07 Å². The Morgan fingerprint density at radius 3 is 2.20 bits per heavy atom. The largest absolute Gasteiger partial charge is 0.442 e. The third-order valence-electron chi connectivity index (χ3n) is 2.22. The molecule has 0 aliphatic carbocycles. The Hall–Kier alpha value is -2.02. The summed E-state index contributed by atoms with van der Waals surface area (Å²) < 4.78 is 32.3. The topological polar surface area (TPSA) is 65.4 Å². The highest BCUT2D eigenvalue weighted by Crippen LogP contribution is 2.16. The summed E-state index contributed by atoms with van der Waals surface area (Å²) in [4.78, 5) is 11.9. The molecule has 110 valence electrons. The molecule has 0 saturated carbocycles. The van der Waals surface area contributed by atoms with Gasteiger partial charge in [0.1, 0.15) is 17.2 Å². The van der Waals surface area contributed by atoms with Crippen molar-refractivity contribution in [2.75, 3.05) is 7.05 Å². The Balaban J connectivity index is 3.07. The first kappa shape index (κ1) is 16.0. The number of ether oxygens (including phenoxy) is 1. The van der Waals surface area contributed by atoms with E-state index in [0.717, 1.165) is 12.1 Å². The molecule has 0 unspecified atom stereocenters. The summed E-state index contributed by atoms with van der Waals surface area (Å²) in [5.74, 6) is -2.53.